The normalized spacial score (nSPS) is 14.5. The summed E-state index contributed by atoms with van der Waals surface area (Å²) in [6, 6.07) is 6.37. The van der Waals surface area contributed by atoms with Crippen molar-refractivity contribution in [3.63, 3.8) is 0 Å². The number of likely N-dealkylation sites (N-methyl/N-ethyl adjacent to an activating group) is 1. The van der Waals surface area contributed by atoms with Crippen molar-refractivity contribution in [2.75, 3.05) is 37.4 Å². The van der Waals surface area contributed by atoms with Crippen molar-refractivity contribution < 1.29 is 22.7 Å². The van der Waals surface area contributed by atoms with E-state index in [4.69, 9.17) is 10.5 Å². The molecular formula is C27H35N7O5S. The van der Waals surface area contributed by atoms with Gasteiger partial charge in [-0.3, -0.25) is 9.59 Å². The summed E-state index contributed by atoms with van der Waals surface area (Å²) in [5.41, 5.74) is 7.55. The first-order valence-electron chi connectivity index (χ1n) is 12.8. The van der Waals surface area contributed by atoms with Gasteiger partial charge in [0.25, 0.3) is 5.91 Å². The minimum absolute atomic E-state index is 0.0137. The van der Waals surface area contributed by atoms with Crippen molar-refractivity contribution in [3.05, 3.63) is 53.2 Å². The van der Waals surface area contributed by atoms with Crippen LogP contribution in [0.4, 0.5) is 17.3 Å². The summed E-state index contributed by atoms with van der Waals surface area (Å²) >= 11 is 0. The van der Waals surface area contributed by atoms with Crippen LogP contribution in [-0.4, -0.2) is 73.4 Å². The second kappa shape index (κ2) is 13.9. The molecule has 1 fully saturated rings. The third-order valence-electron chi connectivity index (χ3n) is 6.34. The number of sulfonamides is 1. The summed E-state index contributed by atoms with van der Waals surface area (Å²) in [7, 11) is -2.42. The first kappa shape index (κ1) is 30.6. The van der Waals surface area contributed by atoms with E-state index in [2.05, 4.69) is 44.3 Å². The standard InChI is InChI=1S/C27H35N7O5S/c1-5-22-25(30-20-12-15-39-16-13-20)33-26(23(32-22)24(28)35)31-21-11-7-9-19(17-21)10-8-14-29-27(36)18(3)34(4)40(37,38)6-2/h6-7,9,11,17-18,20H,2,5,12-16H2,1,3-4H3,(H2,28,35)(H,29,36)(H2,30,31,33)/t18-/m0/s1. The molecule has 1 saturated heterocycles. The lowest BCUT2D eigenvalue weighted by Crippen LogP contribution is -2.45. The number of carbonyl (C=O) groups excluding carboxylic acids is 2. The van der Waals surface area contributed by atoms with E-state index in [0.717, 1.165) is 22.6 Å². The van der Waals surface area contributed by atoms with Gasteiger partial charge in [-0.15, -0.1) is 0 Å². The van der Waals surface area contributed by atoms with Gasteiger partial charge in [-0.2, -0.15) is 4.31 Å². The Morgan fingerprint density at radius 1 is 1.27 bits per heavy atom. The van der Waals surface area contributed by atoms with Crippen LogP contribution in [0.15, 0.2) is 36.3 Å². The molecule has 2 amide bonds. The van der Waals surface area contributed by atoms with Crippen LogP contribution in [0.3, 0.4) is 0 Å². The fourth-order valence-electron chi connectivity index (χ4n) is 3.87. The number of hydrogen-bond acceptors (Lipinski definition) is 9. The van der Waals surface area contributed by atoms with E-state index in [-0.39, 0.29) is 24.1 Å². The molecule has 5 N–H and O–H groups in total. The lowest BCUT2D eigenvalue weighted by atomic mass is 10.1. The minimum Gasteiger partial charge on any atom is -0.381 e. The maximum atomic E-state index is 12.3. The molecule has 1 aromatic heterocycles. The third kappa shape index (κ3) is 8.01. The number of aromatic nitrogens is 2. The van der Waals surface area contributed by atoms with Crippen molar-refractivity contribution in [1.29, 1.82) is 0 Å². The average Bonchev–Trinajstić information content (AvgIpc) is 2.95. The second-order valence-electron chi connectivity index (χ2n) is 9.09. The molecule has 0 bridgehead atoms. The number of nitrogens with zero attached hydrogens (tertiary/aromatic N) is 3. The second-order valence-corrected chi connectivity index (χ2v) is 11.0. The predicted octanol–water partition coefficient (Wildman–Crippen LogP) is 1.73. The molecule has 1 aliphatic rings. The number of nitrogens with one attached hydrogen (secondary N) is 3. The van der Waals surface area contributed by atoms with Gasteiger partial charge >= 0.3 is 0 Å². The number of amides is 2. The molecule has 0 radical (unpaired) electrons. The van der Waals surface area contributed by atoms with Gasteiger partial charge < -0.3 is 26.4 Å². The molecule has 1 aliphatic heterocycles. The minimum atomic E-state index is -3.72. The highest BCUT2D eigenvalue weighted by Gasteiger charge is 2.25. The van der Waals surface area contributed by atoms with Crippen LogP contribution in [0.5, 0.6) is 0 Å². The Hall–Kier alpha value is -3.99. The first-order chi connectivity index (χ1) is 19.1. The number of hydrogen-bond donors (Lipinski definition) is 4. The molecule has 0 unspecified atom stereocenters. The van der Waals surface area contributed by atoms with Crippen LogP contribution in [0, 0.1) is 11.8 Å². The van der Waals surface area contributed by atoms with Gasteiger partial charge in [-0.1, -0.05) is 31.4 Å². The zero-order valence-electron chi connectivity index (χ0n) is 22.9. The topological polar surface area (TPSA) is 169 Å². The van der Waals surface area contributed by atoms with Crippen LogP contribution in [0.2, 0.25) is 0 Å². The van der Waals surface area contributed by atoms with Gasteiger partial charge in [-0.05, 0) is 44.4 Å². The highest BCUT2D eigenvalue weighted by atomic mass is 32.2. The molecule has 0 aliphatic carbocycles. The first-order valence-corrected chi connectivity index (χ1v) is 14.3. The van der Waals surface area contributed by atoms with E-state index in [1.54, 1.807) is 24.3 Å². The third-order valence-corrected chi connectivity index (χ3v) is 7.88. The van der Waals surface area contributed by atoms with Crippen molar-refractivity contribution in [2.24, 2.45) is 5.73 Å². The molecule has 2 heterocycles. The van der Waals surface area contributed by atoms with E-state index < -0.39 is 27.9 Å². The average molecular weight is 570 g/mol. The van der Waals surface area contributed by atoms with Gasteiger partial charge in [0.15, 0.2) is 17.3 Å². The summed E-state index contributed by atoms with van der Waals surface area (Å²) in [5, 5.41) is 9.95. The van der Waals surface area contributed by atoms with Crippen LogP contribution >= 0.6 is 0 Å². The van der Waals surface area contributed by atoms with Crippen LogP contribution in [0.25, 0.3) is 0 Å². The lowest BCUT2D eigenvalue weighted by molar-refractivity contribution is -0.123. The van der Waals surface area contributed by atoms with E-state index in [9.17, 15) is 18.0 Å². The number of primary amides is 1. The molecule has 1 aromatic carbocycles. The molecule has 2 aromatic rings. The Balaban J connectivity index is 1.73. The summed E-state index contributed by atoms with van der Waals surface area (Å²) in [4.78, 5) is 33.7. The molecule has 0 saturated carbocycles. The number of anilines is 3. The van der Waals surface area contributed by atoms with Gasteiger partial charge in [0.1, 0.15) is 6.04 Å². The lowest BCUT2D eigenvalue weighted by Gasteiger charge is -2.25. The van der Waals surface area contributed by atoms with E-state index in [1.165, 1.54) is 14.0 Å². The number of aryl methyl sites for hydroxylation is 1. The molecule has 40 heavy (non-hydrogen) atoms. The largest absolute Gasteiger partial charge is 0.381 e. The number of ether oxygens (including phenoxy) is 1. The fourth-order valence-corrected chi connectivity index (χ4v) is 4.64. The zero-order chi connectivity index (χ0) is 29.3. The Kier molecular flexibility index (Phi) is 10.6. The molecule has 214 valence electrons. The van der Waals surface area contributed by atoms with Crippen LogP contribution in [0.1, 0.15) is 48.4 Å². The fraction of sp³-hybridized carbons (Fsp3) is 0.407. The van der Waals surface area contributed by atoms with Gasteiger partial charge in [0.05, 0.1) is 12.2 Å². The zero-order valence-corrected chi connectivity index (χ0v) is 23.7. The van der Waals surface area contributed by atoms with E-state index >= 15 is 0 Å². The summed E-state index contributed by atoms with van der Waals surface area (Å²) in [5.74, 6) is 5.43. The van der Waals surface area contributed by atoms with Crippen molar-refractivity contribution in [2.45, 2.75) is 45.2 Å². The number of rotatable bonds is 11. The quantitative estimate of drug-likeness (QED) is 0.295. The van der Waals surface area contributed by atoms with Gasteiger partial charge in [0.2, 0.25) is 15.9 Å². The summed E-state index contributed by atoms with van der Waals surface area (Å²) < 4.78 is 30.1. The van der Waals surface area contributed by atoms with Crippen molar-refractivity contribution >= 4 is 39.2 Å². The summed E-state index contributed by atoms with van der Waals surface area (Å²) in [6.45, 7) is 8.02. The van der Waals surface area contributed by atoms with Gasteiger partial charge in [-0.25, -0.2) is 18.4 Å². The number of benzene rings is 1. The van der Waals surface area contributed by atoms with Crippen LogP contribution in [-0.2, 0) is 26.0 Å². The predicted molar refractivity (Wildman–Crippen MR) is 153 cm³/mol. The molecular weight excluding hydrogens is 534 g/mol. The molecule has 0 spiro atoms. The van der Waals surface area contributed by atoms with Crippen molar-refractivity contribution in [3.8, 4) is 11.8 Å². The molecule has 12 nitrogen and oxygen atoms in total. The smallest absolute Gasteiger partial charge is 0.271 e. The Labute approximate surface area is 234 Å². The Bertz CT molecular complexity index is 1410. The maximum absolute atomic E-state index is 12.3. The molecule has 1 atom stereocenters. The highest BCUT2D eigenvalue weighted by molar-refractivity contribution is 7.92. The number of nitrogens with two attached hydrogens (primary N) is 1. The molecule has 13 heteroatoms. The maximum Gasteiger partial charge on any atom is 0.271 e. The van der Waals surface area contributed by atoms with Crippen LogP contribution < -0.4 is 21.7 Å². The Morgan fingerprint density at radius 2 is 2.00 bits per heavy atom. The Morgan fingerprint density at radius 3 is 2.65 bits per heavy atom. The molecule has 3 rings (SSSR count). The monoisotopic (exact) mass is 569 g/mol. The SMILES string of the molecule is C=CS(=O)(=O)N(C)[C@@H](C)C(=O)NCC#Cc1cccc(Nc2nc(NC3CCOCC3)c(CC)nc2C(N)=O)c1. The van der Waals surface area contributed by atoms with E-state index in [1.807, 2.05) is 6.92 Å². The van der Waals surface area contributed by atoms with E-state index in [0.29, 0.717) is 42.4 Å². The summed E-state index contributed by atoms with van der Waals surface area (Å²) in [6.07, 6.45) is 2.26. The van der Waals surface area contributed by atoms with Gasteiger partial charge in [0, 0.05) is 43.0 Å². The number of carbonyl (C=O) groups is 2. The van der Waals surface area contributed by atoms with Crippen molar-refractivity contribution in [1.82, 2.24) is 19.6 Å². The highest BCUT2D eigenvalue weighted by Crippen LogP contribution is 2.24.